The first-order chi connectivity index (χ1) is 13.1. The zero-order valence-electron chi connectivity index (χ0n) is 14.7. The Labute approximate surface area is 159 Å². The van der Waals surface area contributed by atoms with Crippen LogP contribution in [0.3, 0.4) is 0 Å². The number of fused-ring (bicyclic) bond motifs is 1. The Bertz CT molecular complexity index is 1100. The minimum Gasteiger partial charge on any atom is -0.469 e. The largest absolute Gasteiger partial charge is 0.469 e. The molecule has 1 aromatic carbocycles. The number of hydrogen-bond acceptors (Lipinski definition) is 7. The number of nitrogens with one attached hydrogen (secondary N) is 1. The maximum Gasteiger partial charge on any atom is 0.277 e. The molecule has 27 heavy (non-hydrogen) atoms. The predicted molar refractivity (Wildman–Crippen MR) is 102 cm³/mol. The summed E-state index contributed by atoms with van der Waals surface area (Å²) in [5.74, 6) is 0.914. The van der Waals surface area contributed by atoms with Crippen LogP contribution in [0.25, 0.3) is 22.4 Å². The number of aromatic nitrogens is 3. The number of carbonyl (C=O) groups excluding carboxylic acids is 1. The molecule has 7 nitrogen and oxygen atoms in total. The van der Waals surface area contributed by atoms with E-state index in [-0.39, 0.29) is 5.91 Å². The van der Waals surface area contributed by atoms with Crippen molar-refractivity contribution in [3.63, 3.8) is 0 Å². The average molecular weight is 380 g/mol. The highest BCUT2D eigenvalue weighted by Gasteiger charge is 2.20. The topological polar surface area (TPSA) is 94.0 Å². The van der Waals surface area contributed by atoms with Crippen molar-refractivity contribution >= 4 is 34.3 Å². The zero-order chi connectivity index (χ0) is 18.8. The third-order valence-electron chi connectivity index (χ3n) is 4.05. The molecule has 1 amide bonds. The summed E-state index contributed by atoms with van der Waals surface area (Å²) in [7, 11) is 0. The number of amides is 1. The zero-order valence-corrected chi connectivity index (χ0v) is 15.5. The van der Waals surface area contributed by atoms with Gasteiger partial charge < -0.3 is 14.2 Å². The second-order valence-corrected chi connectivity index (χ2v) is 7.18. The minimum atomic E-state index is -0.421. The van der Waals surface area contributed by atoms with Crippen LogP contribution >= 0.6 is 11.8 Å². The van der Waals surface area contributed by atoms with E-state index >= 15 is 0 Å². The molecule has 1 atom stereocenters. The Morgan fingerprint density at radius 3 is 2.89 bits per heavy atom. The normalized spacial score (nSPS) is 12.2. The van der Waals surface area contributed by atoms with Gasteiger partial charge in [0.05, 0.1) is 28.3 Å². The highest BCUT2D eigenvalue weighted by Crippen LogP contribution is 2.29. The summed E-state index contributed by atoms with van der Waals surface area (Å²) in [5.41, 5.74) is 2.29. The van der Waals surface area contributed by atoms with Crippen molar-refractivity contribution < 1.29 is 13.6 Å². The molecule has 4 aromatic rings. The van der Waals surface area contributed by atoms with Crippen LogP contribution in [-0.4, -0.2) is 26.3 Å². The first kappa shape index (κ1) is 17.3. The van der Waals surface area contributed by atoms with E-state index in [1.54, 1.807) is 25.5 Å². The Hall–Kier alpha value is -3.13. The van der Waals surface area contributed by atoms with Crippen LogP contribution in [0.4, 0.5) is 5.69 Å². The minimum absolute atomic E-state index is 0.157. The number of anilines is 1. The van der Waals surface area contributed by atoms with Gasteiger partial charge in [-0.1, -0.05) is 17.8 Å². The number of nitrogens with zero attached hydrogens (tertiary/aromatic N) is 3. The summed E-state index contributed by atoms with van der Waals surface area (Å²) in [4.78, 5) is 16.9. The van der Waals surface area contributed by atoms with Crippen LogP contribution in [0.1, 0.15) is 12.7 Å². The lowest BCUT2D eigenvalue weighted by Crippen LogP contribution is -2.22. The fourth-order valence-electron chi connectivity index (χ4n) is 2.62. The van der Waals surface area contributed by atoms with Gasteiger partial charge in [-0.2, -0.15) is 0 Å². The van der Waals surface area contributed by atoms with Gasteiger partial charge in [0.2, 0.25) is 5.91 Å². The standard InChI is InChI=1S/C19H16N4O3S/c1-11-13(8-10-25-11)18-22-23-19(26-18)27-12(2)17(24)21-16-7-3-6-15-14(16)5-4-9-20-15/h3-10,12H,1-2H3,(H,21,24). The second kappa shape index (κ2) is 7.24. The summed E-state index contributed by atoms with van der Waals surface area (Å²) >= 11 is 1.20. The first-order valence-corrected chi connectivity index (χ1v) is 9.19. The van der Waals surface area contributed by atoms with E-state index in [1.165, 1.54) is 11.8 Å². The molecule has 0 bridgehead atoms. The van der Waals surface area contributed by atoms with E-state index < -0.39 is 5.25 Å². The van der Waals surface area contributed by atoms with Crippen LogP contribution in [0.2, 0.25) is 0 Å². The van der Waals surface area contributed by atoms with Crippen LogP contribution < -0.4 is 5.32 Å². The molecule has 8 heteroatoms. The summed E-state index contributed by atoms with van der Waals surface area (Å²) in [5, 5.41) is 11.8. The van der Waals surface area contributed by atoms with Crippen molar-refractivity contribution in [2.75, 3.05) is 5.32 Å². The van der Waals surface area contributed by atoms with Crippen LogP contribution in [0, 0.1) is 6.92 Å². The Balaban J connectivity index is 1.47. The summed E-state index contributed by atoms with van der Waals surface area (Å²) in [6.45, 7) is 3.61. The van der Waals surface area contributed by atoms with Gasteiger partial charge in [0.25, 0.3) is 11.1 Å². The van der Waals surface area contributed by atoms with Gasteiger partial charge >= 0.3 is 0 Å². The third-order valence-corrected chi connectivity index (χ3v) is 4.98. The smallest absolute Gasteiger partial charge is 0.277 e. The number of thioether (sulfide) groups is 1. The maximum atomic E-state index is 12.6. The number of furan rings is 1. The quantitative estimate of drug-likeness (QED) is 0.516. The van der Waals surface area contributed by atoms with Crippen molar-refractivity contribution in [3.05, 3.63) is 54.6 Å². The van der Waals surface area contributed by atoms with Crippen LogP contribution in [-0.2, 0) is 4.79 Å². The van der Waals surface area contributed by atoms with Gasteiger partial charge in [0.15, 0.2) is 0 Å². The number of pyridine rings is 1. The molecular formula is C19H16N4O3S. The molecular weight excluding hydrogens is 364 g/mol. The van der Waals surface area contributed by atoms with Gasteiger partial charge in [-0.05, 0) is 44.2 Å². The molecule has 0 aliphatic rings. The lowest BCUT2D eigenvalue weighted by Gasteiger charge is -2.11. The fourth-order valence-corrected chi connectivity index (χ4v) is 3.31. The molecule has 0 saturated heterocycles. The summed E-state index contributed by atoms with van der Waals surface area (Å²) < 4.78 is 10.9. The van der Waals surface area contributed by atoms with Gasteiger partial charge in [0, 0.05) is 11.6 Å². The Morgan fingerprint density at radius 1 is 1.19 bits per heavy atom. The molecule has 1 unspecified atom stereocenters. The van der Waals surface area contributed by atoms with E-state index in [2.05, 4.69) is 20.5 Å². The maximum absolute atomic E-state index is 12.6. The first-order valence-electron chi connectivity index (χ1n) is 8.31. The van der Waals surface area contributed by atoms with Crippen molar-refractivity contribution in [3.8, 4) is 11.5 Å². The molecule has 0 spiro atoms. The monoisotopic (exact) mass is 380 g/mol. The van der Waals surface area contributed by atoms with Gasteiger partial charge in [0.1, 0.15) is 5.76 Å². The van der Waals surface area contributed by atoms with Gasteiger partial charge in [-0.15, -0.1) is 10.2 Å². The molecule has 1 N–H and O–H groups in total. The Kier molecular flexibility index (Phi) is 4.64. The molecule has 0 fully saturated rings. The Morgan fingerprint density at radius 2 is 2.07 bits per heavy atom. The number of benzene rings is 1. The molecule has 0 aliphatic heterocycles. The predicted octanol–water partition coefficient (Wildman–Crippen LogP) is 4.31. The van der Waals surface area contributed by atoms with Crippen molar-refractivity contribution in [1.82, 2.24) is 15.2 Å². The van der Waals surface area contributed by atoms with Crippen molar-refractivity contribution in [1.29, 1.82) is 0 Å². The number of rotatable bonds is 5. The second-order valence-electron chi connectivity index (χ2n) is 5.89. The lowest BCUT2D eigenvalue weighted by atomic mass is 10.2. The van der Waals surface area contributed by atoms with Crippen LogP contribution in [0.5, 0.6) is 0 Å². The van der Waals surface area contributed by atoms with Crippen molar-refractivity contribution in [2.24, 2.45) is 0 Å². The third kappa shape index (κ3) is 3.56. The molecule has 136 valence electrons. The number of carbonyl (C=O) groups is 1. The number of hydrogen-bond donors (Lipinski definition) is 1. The molecule has 4 rings (SSSR count). The van der Waals surface area contributed by atoms with Gasteiger partial charge in [-0.25, -0.2) is 0 Å². The van der Waals surface area contributed by atoms with E-state index in [0.717, 1.165) is 22.2 Å². The van der Waals surface area contributed by atoms with Crippen molar-refractivity contribution in [2.45, 2.75) is 24.3 Å². The van der Waals surface area contributed by atoms with Crippen LogP contribution in [0.15, 0.2) is 62.9 Å². The molecule has 3 aromatic heterocycles. The molecule has 0 aliphatic carbocycles. The summed E-state index contributed by atoms with van der Waals surface area (Å²) in [6, 6.07) is 11.1. The molecule has 3 heterocycles. The van der Waals surface area contributed by atoms with Gasteiger partial charge in [-0.3, -0.25) is 9.78 Å². The number of aryl methyl sites for hydroxylation is 1. The average Bonchev–Trinajstić information content (AvgIpc) is 3.30. The SMILES string of the molecule is Cc1occc1-c1nnc(SC(C)C(=O)Nc2cccc3ncccc23)o1. The highest BCUT2D eigenvalue weighted by atomic mass is 32.2. The van der Waals surface area contributed by atoms with E-state index in [0.29, 0.717) is 16.9 Å². The molecule has 0 radical (unpaired) electrons. The van der Waals surface area contributed by atoms with E-state index in [9.17, 15) is 4.79 Å². The lowest BCUT2D eigenvalue weighted by molar-refractivity contribution is -0.115. The summed E-state index contributed by atoms with van der Waals surface area (Å²) in [6.07, 6.45) is 3.29. The van der Waals surface area contributed by atoms with E-state index in [1.807, 2.05) is 37.3 Å². The van der Waals surface area contributed by atoms with E-state index in [4.69, 9.17) is 8.83 Å². The fraction of sp³-hybridized carbons (Fsp3) is 0.158. The highest BCUT2D eigenvalue weighted by molar-refractivity contribution is 8.00. The molecule has 0 saturated carbocycles.